The van der Waals surface area contributed by atoms with Gasteiger partial charge in [-0.15, -0.1) is 0 Å². The lowest BCUT2D eigenvalue weighted by Gasteiger charge is -2.70. The number of carbonyl (C=O) groups excluding carboxylic acids is 1. The lowest BCUT2D eigenvalue weighted by Crippen LogP contribution is -2.84. The van der Waals surface area contributed by atoms with Crippen molar-refractivity contribution in [2.24, 2.45) is 0 Å². The molecule has 0 bridgehead atoms. The molecule has 1 N–H and O–H groups in total. The number of nitrogens with zero attached hydrogens (tertiary/aromatic N) is 3. The second-order valence-corrected chi connectivity index (χ2v) is 8.36. The molecular weight excluding hydrogens is 393 g/mol. The van der Waals surface area contributed by atoms with Crippen LogP contribution in [0.3, 0.4) is 0 Å². The Balaban J connectivity index is 1.42. The van der Waals surface area contributed by atoms with Gasteiger partial charge in [0.15, 0.2) is 0 Å². The maximum absolute atomic E-state index is 13.3. The zero-order chi connectivity index (χ0) is 21.4. The Morgan fingerprint density at radius 2 is 1.74 bits per heavy atom. The van der Waals surface area contributed by atoms with Crippen LogP contribution in [0.25, 0.3) is 0 Å². The van der Waals surface area contributed by atoms with Crippen LogP contribution in [-0.2, 0) is 6.54 Å². The molecule has 0 aliphatic carbocycles. The lowest BCUT2D eigenvalue weighted by atomic mass is 9.60. The molecule has 3 aromatic rings. The first-order valence-corrected chi connectivity index (χ1v) is 10.5. The fraction of sp³-hybridized carbons (Fsp3) is 0.280. The molecule has 6 heteroatoms. The predicted octanol–water partition coefficient (Wildman–Crippen LogP) is 3.08. The smallest absolute Gasteiger partial charge is 0.253 e. The number of likely N-dealkylation sites (tertiary alicyclic amines) is 2. The van der Waals surface area contributed by atoms with Crippen LogP contribution in [0.15, 0.2) is 79.0 Å². The number of pyridine rings is 1. The van der Waals surface area contributed by atoms with Gasteiger partial charge in [-0.2, -0.15) is 0 Å². The molecule has 158 valence electrons. The minimum atomic E-state index is -0.355. The number of hydrogen-bond acceptors (Lipinski definition) is 4. The molecule has 5 nitrogen and oxygen atoms in total. The Kier molecular flexibility index (Phi) is 5.04. The highest BCUT2D eigenvalue weighted by Gasteiger charge is 2.66. The van der Waals surface area contributed by atoms with Crippen LogP contribution in [-0.4, -0.2) is 57.1 Å². The van der Waals surface area contributed by atoms with E-state index >= 15 is 0 Å². The standard InChI is InChI=1S/C25H24FN3O2/c26-20-11-9-19(10-12-20)24(31)28-16-25(17-28)23(18-6-2-1-3-7-18)22(15-30)29(25)14-21-8-4-5-13-27-21/h1-13,22-23,30H,14-17H2/t22-,23+/m1/s1. The molecule has 2 fully saturated rings. The SMILES string of the molecule is O=C(c1ccc(F)cc1)N1CC2(C1)[C@@H](c1ccccc1)[C@@H](CO)N2Cc1ccccn1. The first-order valence-electron chi connectivity index (χ1n) is 10.5. The molecule has 1 amide bonds. The number of carbonyl (C=O) groups is 1. The van der Waals surface area contributed by atoms with Crippen molar-refractivity contribution in [3.8, 4) is 0 Å². The van der Waals surface area contributed by atoms with Gasteiger partial charge >= 0.3 is 0 Å². The summed E-state index contributed by atoms with van der Waals surface area (Å²) in [6, 6.07) is 21.7. The van der Waals surface area contributed by atoms with Gasteiger partial charge in [-0.1, -0.05) is 36.4 Å². The molecule has 0 unspecified atom stereocenters. The third-order valence-electron chi connectivity index (χ3n) is 6.65. The molecule has 3 heterocycles. The number of benzene rings is 2. The zero-order valence-corrected chi connectivity index (χ0v) is 17.1. The van der Waals surface area contributed by atoms with E-state index in [2.05, 4.69) is 22.0 Å². The van der Waals surface area contributed by atoms with E-state index in [-0.39, 0.29) is 35.8 Å². The fourth-order valence-corrected chi connectivity index (χ4v) is 5.21. The zero-order valence-electron chi connectivity index (χ0n) is 17.1. The average Bonchev–Trinajstić information content (AvgIpc) is 2.77. The topological polar surface area (TPSA) is 56.7 Å². The first kappa shape index (κ1) is 19.8. The second kappa shape index (κ2) is 7.87. The second-order valence-electron chi connectivity index (χ2n) is 8.36. The van der Waals surface area contributed by atoms with E-state index in [1.165, 1.54) is 29.8 Å². The molecule has 2 aromatic carbocycles. The van der Waals surface area contributed by atoms with Crippen molar-refractivity contribution in [2.75, 3.05) is 19.7 Å². The van der Waals surface area contributed by atoms with Crippen molar-refractivity contribution in [2.45, 2.75) is 24.0 Å². The van der Waals surface area contributed by atoms with Gasteiger partial charge in [0.05, 0.1) is 17.8 Å². The van der Waals surface area contributed by atoms with Crippen LogP contribution in [0.1, 0.15) is 27.5 Å². The van der Waals surface area contributed by atoms with E-state index in [1.54, 1.807) is 6.20 Å². The Labute approximate surface area is 180 Å². The summed E-state index contributed by atoms with van der Waals surface area (Å²) < 4.78 is 13.3. The number of aliphatic hydroxyl groups excluding tert-OH is 1. The van der Waals surface area contributed by atoms with E-state index in [1.807, 2.05) is 41.3 Å². The summed E-state index contributed by atoms with van der Waals surface area (Å²) in [7, 11) is 0. The van der Waals surface area contributed by atoms with Crippen molar-refractivity contribution in [3.63, 3.8) is 0 Å². The van der Waals surface area contributed by atoms with E-state index < -0.39 is 0 Å². The molecule has 5 rings (SSSR count). The molecule has 2 atom stereocenters. The van der Waals surface area contributed by atoms with Gasteiger partial charge in [0.2, 0.25) is 0 Å². The van der Waals surface area contributed by atoms with Crippen LogP contribution in [0.2, 0.25) is 0 Å². The van der Waals surface area contributed by atoms with Gasteiger partial charge in [0, 0.05) is 43.4 Å². The quantitative estimate of drug-likeness (QED) is 0.693. The van der Waals surface area contributed by atoms with Gasteiger partial charge in [-0.05, 0) is 42.0 Å². The van der Waals surface area contributed by atoms with E-state index in [0.717, 1.165) is 5.69 Å². The average molecular weight is 417 g/mol. The fourth-order valence-electron chi connectivity index (χ4n) is 5.21. The number of halogens is 1. The van der Waals surface area contributed by atoms with Crippen LogP contribution >= 0.6 is 0 Å². The largest absolute Gasteiger partial charge is 0.395 e. The van der Waals surface area contributed by atoms with Crippen molar-refractivity contribution in [3.05, 3.63) is 102 Å². The summed E-state index contributed by atoms with van der Waals surface area (Å²) in [4.78, 5) is 21.5. The van der Waals surface area contributed by atoms with Gasteiger partial charge in [-0.25, -0.2) is 4.39 Å². The molecule has 0 saturated carbocycles. The van der Waals surface area contributed by atoms with E-state index in [4.69, 9.17) is 0 Å². The van der Waals surface area contributed by atoms with Crippen LogP contribution in [0, 0.1) is 5.82 Å². The van der Waals surface area contributed by atoms with Gasteiger partial charge in [0.25, 0.3) is 5.91 Å². The summed E-state index contributed by atoms with van der Waals surface area (Å²) in [5, 5.41) is 10.2. The van der Waals surface area contributed by atoms with Crippen LogP contribution in [0.5, 0.6) is 0 Å². The van der Waals surface area contributed by atoms with Crippen molar-refractivity contribution < 1.29 is 14.3 Å². The Morgan fingerprint density at radius 1 is 1.03 bits per heavy atom. The monoisotopic (exact) mass is 417 g/mol. The number of hydrogen-bond donors (Lipinski definition) is 1. The summed E-state index contributed by atoms with van der Waals surface area (Å²) in [6.07, 6.45) is 1.77. The summed E-state index contributed by atoms with van der Waals surface area (Å²) in [6.45, 7) is 1.78. The summed E-state index contributed by atoms with van der Waals surface area (Å²) in [5.41, 5.74) is 2.35. The Bertz CT molecular complexity index is 1050. The third kappa shape index (κ3) is 3.32. The number of rotatable bonds is 5. The molecule has 31 heavy (non-hydrogen) atoms. The van der Waals surface area contributed by atoms with E-state index in [9.17, 15) is 14.3 Å². The van der Waals surface area contributed by atoms with Gasteiger partial charge < -0.3 is 10.0 Å². The van der Waals surface area contributed by atoms with Gasteiger partial charge in [-0.3, -0.25) is 14.7 Å². The maximum atomic E-state index is 13.3. The maximum Gasteiger partial charge on any atom is 0.253 e. The highest BCUT2D eigenvalue weighted by molar-refractivity contribution is 5.95. The van der Waals surface area contributed by atoms with Crippen molar-refractivity contribution in [1.29, 1.82) is 0 Å². The third-order valence-corrected chi connectivity index (χ3v) is 6.65. The predicted molar refractivity (Wildman–Crippen MR) is 115 cm³/mol. The molecular formula is C25H24FN3O2. The minimum absolute atomic E-state index is 0.0347. The van der Waals surface area contributed by atoms with Crippen LogP contribution < -0.4 is 0 Å². The minimum Gasteiger partial charge on any atom is -0.395 e. The first-order chi connectivity index (χ1) is 15.1. The number of aromatic nitrogens is 1. The Morgan fingerprint density at radius 3 is 2.39 bits per heavy atom. The Hall–Kier alpha value is -3.09. The lowest BCUT2D eigenvalue weighted by molar-refractivity contribution is -0.184. The highest BCUT2D eigenvalue weighted by atomic mass is 19.1. The summed E-state index contributed by atoms with van der Waals surface area (Å²) in [5.74, 6) is -0.325. The van der Waals surface area contributed by atoms with Crippen molar-refractivity contribution in [1.82, 2.24) is 14.8 Å². The molecule has 2 saturated heterocycles. The molecule has 1 aromatic heterocycles. The summed E-state index contributed by atoms with van der Waals surface area (Å²) >= 11 is 0. The van der Waals surface area contributed by atoms with Crippen molar-refractivity contribution >= 4 is 5.91 Å². The highest BCUT2D eigenvalue weighted by Crippen LogP contribution is 2.54. The van der Waals surface area contributed by atoms with Gasteiger partial charge in [0.1, 0.15) is 5.82 Å². The normalized spacial score (nSPS) is 22.1. The molecule has 0 radical (unpaired) electrons. The molecule has 1 spiro atoms. The molecule has 2 aliphatic rings. The molecule has 2 aliphatic heterocycles. The number of amides is 1. The number of aliphatic hydroxyl groups is 1. The van der Waals surface area contributed by atoms with Crippen LogP contribution in [0.4, 0.5) is 4.39 Å². The van der Waals surface area contributed by atoms with E-state index in [0.29, 0.717) is 25.2 Å².